The van der Waals surface area contributed by atoms with E-state index in [1.165, 1.54) is 43.4 Å². The van der Waals surface area contributed by atoms with Crippen molar-refractivity contribution < 1.29 is 4.42 Å². The highest BCUT2D eigenvalue weighted by atomic mass is 16.3. The van der Waals surface area contributed by atoms with Gasteiger partial charge in [0.15, 0.2) is 0 Å². The Morgan fingerprint density at radius 3 is 1.58 bits per heavy atom. The number of rotatable bonds is 5. The van der Waals surface area contributed by atoms with E-state index in [2.05, 4.69) is 204 Å². The standard InChI is InChI=1S/C50H32N2O/c1-3-20-37-33(14-1)16-12-27-43(37)52(44-28-13-17-34-15-2-4-21-38(34)44)47-31-30-39(50-49(47)42-24-7-10-29-48(42)53-50)35-18-11-19-36(32-35)51-45-25-8-5-22-40(45)41-23-6-9-26-46(41)51/h1-32H. The molecule has 3 heteroatoms. The molecule has 0 bridgehead atoms. The molecule has 0 fully saturated rings. The lowest BCUT2D eigenvalue weighted by atomic mass is 9.98. The summed E-state index contributed by atoms with van der Waals surface area (Å²) in [5.74, 6) is 0. The zero-order valence-corrected chi connectivity index (χ0v) is 28.8. The molecule has 0 unspecified atom stereocenters. The van der Waals surface area contributed by atoms with Crippen LogP contribution in [-0.4, -0.2) is 4.57 Å². The smallest absolute Gasteiger partial charge is 0.145 e. The molecule has 0 spiro atoms. The largest absolute Gasteiger partial charge is 0.455 e. The molecule has 0 saturated heterocycles. The second-order valence-corrected chi connectivity index (χ2v) is 13.7. The van der Waals surface area contributed by atoms with Crippen molar-refractivity contribution in [1.82, 2.24) is 4.57 Å². The van der Waals surface area contributed by atoms with Gasteiger partial charge in [0.2, 0.25) is 0 Å². The van der Waals surface area contributed by atoms with Crippen LogP contribution >= 0.6 is 0 Å². The normalized spacial score (nSPS) is 11.8. The Kier molecular flexibility index (Phi) is 6.55. The average molecular weight is 677 g/mol. The van der Waals surface area contributed by atoms with E-state index in [1.54, 1.807) is 0 Å². The van der Waals surface area contributed by atoms with Crippen LogP contribution in [0.25, 0.3) is 82.1 Å². The van der Waals surface area contributed by atoms with Gasteiger partial charge in [-0.25, -0.2) is 0 Å². The number of furan rings is 1. The molecule has 11 rings (SSSR count). The van der Waals surface area contributed by atoms with Gasteiger partial charge in [-0.05, 0) is 70.9 Å². The highest BCUT2D eigenvalue weighted by Crippen LogP contribution is 2.49. The monoisotopic (exact) mass is 676 g/mol. The molecule has 0 radical (unpaired) electrons. The van der Waals surface area contributed by atoms with Crippen molar-refractivity contribution >= 4 is 82.4 Å². The summed E-state index contributed by atoms with van der Waals surface area (Å²) in [4.78, 5) is 2.44. The van der Waals surface area contributed by atoms with E-state index in [9.17, 15) is 0 Å². The number of benzene rings is 9. The number of nitrogens with zero attached hydrogens (tertiary/aromatic N) is 2. The predicted molar refractivity (Wildman–Crippen MR) is 223 cm³/mol. The van der Waals surface area contributed by atoms with E-state index >= 15 is 0 Å². The zero-order chi connectivity index (χ0) is 34.9. The van der Waals surface area contributed by atoms with E-state index in [0.717, 1.165) is 55.8 Å². The number of hydrogen-bond donors (Lipinski definition) is 0. The minimum Gasteiger partial charge on any atom is -0.455 e. The molecule has 0 aliphatic rings. The first-order valence-corrected chi connectivity index (χ1v) is 18.1. The van der Waals surface area contributed by atoms with Gasteiger partial charge in [0.1, 0.15) is 11.2 Å². The van der Waals surface area contributed by atoms with Crippen LogP contribution in [0.15, 0.2) is 199 Å². The average Bonchev–Trinajstić information content (AvgIpc) is 3.78. The lowest BCUT2D eigenvalue weighted by Gasteiger charge is -2.29. The molecule has 2 aromatic heterocycles. The van der Waals surface area contributed by atoms with Crippen molar-refractivity contribution in [2.24, 2.45) is 0 Å². The molecule has 2 heterocycles. The van der Waals surface area contributed by atoms with Crippen LogP contribution in [0.1, 0.15) is 0 Å². The van der Waals surface area contributed by atoms with Crippen molar-refractivity contribution in [3.05, 3.63) is 194 Å². The summed E-state index contributed by atoms with van der Waals surface area (Å²) in [5, 5.41) is 9.44. The second kappa shape index (κ2) is 11.7. The summed E-state index contributed by atoms with van der Waals surface area (Å²) >= 11 is 0. The molecule has 0 amide bonds. The molecule has 0 N–H and O–H groups in total. The lowest BCUT2D eigenvalue weighted by Crippen LogP contribution is -2.11. The number of fused-ring (bicyclic) bond motifs is 8. The van der Waals surface area contributed by atoms with Gasteiger partial charge in [-0.15, -0.1) is 0 Å². The topological polar surface area (TPSA) is 21.3 Å². The zero-order valence-electron chi connectivity index (χ0n) is 28.8. The second-order valence-electron chi connectivity index (χ2n) is 13.7. The molecule has 0 aliphatic carbocycles. The van der Waals surface area contributed by atoms with Gasteiger partial charge in [-0.1, -0.05) is 140 Å². The van der Waals surface area contributed by atoms with Gasteiger partial charge >= 0.3 is 0 Å². The van der Waals surface area contributed by atoms with Crippen LogP contribution in [0.4, 0.5) is 17.1 Å². The fourth-order valence-corrected chi connectivity index (χ4v) is 8.43. The summed E-state index contributed by atoms with van der Waals surface area (Å²) in [6.07, 6.45) is 0. The summed E-state index contributed by atoms with van der Waals surface area (Å²) in [6, 6.07) is 69.6. The molecule has 3 nitrogen and oxygen atoms in total. The predicted octanol–water partition coefficient (Wildman–Crippen LogP) is 14.1. The van der Waals surface area contributed by atoms with Crippen molar-refractivity contribution in [2.45, 2.75) is 0 Å². The molecule has 0 saturated carbocycles. The minimum atomic E-state index is 0.866. The fourth-order valence-electron chi connectivity index (χ4n) is 8.43. The quantitative estimate of drug-likeness (QED) is 0.181. The Morgan fingerprint density at radius 1 is 0.396 bits per heavy atom. The molecule has 0 aliphatic heterocycles. The minimum absolute atomic E-state index is 0.866. The van der Waals surface area contributed by atoms with Crippen molar-refractivity contribution in [1.29, 1.82) is 0 Å². The Balaban J connectivity index is 1.19. The summed E-state index contributed by atoms with van der Waals surface area (Å²) < 4.78 is 9.29. The van der Waals surface area contributed by atoms with Gasteiger partial charge < -0.3 is 13.9 Å². The number of anilines is 3. The summed E-state index contributed by atoms with van der Waals surface area (Å²) in [7, 11) is 0. The summed E-state index contributed by atoms with van der Waals surface area (Å²) in [6.45, 7) is 0. The van der Waals surface area contributed by atoms with Crippen molar-refractivity contribution in [2.75, 3.05) is 4.90 Å². The van der Waals surface area contributed by atoms with Gasteiger partial charge in [-0.2, -0.15) is 0 Å². The Hall–Kier alpha value is -7.10. The van der Waals surface area contributed by atoms with Crippen LogP contribution < -0.4 is 4.90 Å². The first kappa shape index (κ1) is 29.6. The molecule has 53 heavy (non-hydrogen) atoms. The van der Waals surface area contributed by atoms with E-state index in [4.69, 9.17) is 4.42 Å². The van der Waals surface area contributed by atoms with E-state index in [-0.39, 0.29) is 0 Å². The van der Waals surface area contributed by atoms with E-state index in [1.807, 2.05) is 0 Å². The third-order valence-electron chi connectivity index (χ3n) is 10.8. The fraction of sp³-hybridized carbons (Fsp3) is 0. The SMILES string of the molecule is c1cc(-c2ccc(N(c3cccc4ccccc34)c3cccc4ccccc34)c3c2oc2ccccc23)cc(-n2c3ccccc3c3ccccc32)c1. The highest BCUT2D eigenvalue weighted by Gasteiger charge is 2.24. The maximum absolute atomic E-state index is 6.91. The summed E-state index contributed by atoms with van der Waals surface area (Å²) in [5.41, 5.74) is 10.7. The van der Waals surface area contributed by atoms with E-state index < -0.39 is 0 Å². The highest BCUT2D eigenvalue weighted by molar-refractivity contribution is 6.19. The Bertz CT molecular complexity index is 3060. The maximum Gasteiger partial charge on any atom is 0.145 e. The third-order valence-corrected chi connectivity index (χ3v) is 10.8. The molecule has 0 atom stereocenters. The molecule has 248 valence electrons. The van der Waals surface area contributed by atoms with Crippen LogP contribution in [0, 0.1) is 0 Å². The van der Waals surface area contributed by atoms with Crippen molar-refractivity contribution in [3.63, 3.8) is 0 Å². The molecular weight excluding hydrogens is 645 g/mol. The van der Waals surface area contributed by atoms with Crippen LogP contribution in [0.2, 0.25) is 0 Å². The first-order valence-electron chi connectivity index (χ1n) is 18.1. The van der Waals surface area contributed by atoms with Crippen LogP contribution in [-0.2, 0) is 0 Å². The van der Waals surface area contributed by atoms with Gasteiger partial charge in [-0.3, -0.25) is 0 Å². The number of hydrogen-bond acceptors (Lipinski definition) is 2. The van der Waals surface area contributed by atoms with Crippen LogP contribution in [0.3, 0.4) is 0 Å². The lowest BCUT2D eigenvalue weighted by molar-refractivity contribution is 0.670. The molecular formula is C50H32N2O. The third kappa shape index (κ3) is 4.54. The number of para-hydroxylation sites is 3. The number of aromatic nitrogens is 1. The Morgan fingerprint density at radius 2 is 0.925 bits per heavy atom. The van der Waals surface area contributed by atoms with E-state index in [0.29, 0.717) is 0 Å². The maximum atomic E-state index is 6.91. The molecule has 11 aromatic rings. The molecule has 9 aromatic carbocycles. The van der Waals surface area contributed by atoms with Gasteiger partial charge in [0, 0.05) is 38.2 Å². The Labute approximate surface area is 306 Å². The van der Waals surface area contributed by atoms with Gasteiger partial charge in [0.05, 0.1) is 33.5 Å². The first-order chi connectivity index (χ1) is 26.3. The van der Waals surface area contributed by atoms with Crippen LogP contribution in [0.5, 0.6) is 0 Å². The van der Waals surface area contributed by atoms with Crippen molar-refractivity contribution in [3.8, 4) is 16.8 Å². The van der Waals surface area contributed by atoms with Gasteiger partial charge in [0.25, 0.3) is 0 Å².